The van der Waals surface area contributed by atoms with E-state index in [4.69, 9.17) is 9.47 Å². The Morgan fingerprint density at radius 3 is 2.94 bits per heavy atom. The van der Waals surface area contributed by atoms with Gasteiger partial charge in [-0.3, -0.25) is 4.98 Å². The average molecular weight is 236 g/mol. The maximum absolute atomic E-state index is 5.95. The molecule has 0 spiro atoms. The zero-order valence-corrected chi connectivity index (χ0v) is 10.8. The van der Waals surface area contributed by atoms with Crippen molar-refractivity contribution in [2.45, 2.75) is 26.0 Å². The Morgan fingerprint density at radius 2 is 2.29 bits per heavy atom. The number of rotatable bonds is 4. The lowest BCUT2D eigenvalue weighted by Crippen LogP contribution is -2.19. The van der Waals surface area contributed by atoms with Crippen LogP contribution in [0.5, 0.6) is 5.75 Å². The Bertz CT molecular complexity index is 374. The molecular weight excluding hydrogens is 216 g/mol. The van der Waals surface area contributed by atoms with Gasteiger partial charge in [0.1, 0.15) is 11.9 Å². The number of ether oxygens (including phenoxy) is 2. The lowest BCUT2D eigenvalue weighted by Gasteiger charge is -2.17. The van der Waals surface area contributed by atoms with Crippen molar-refractivity contribution in [3.05, 3.63) is 23.5 Å². The van der Waals surface area contributed by atoms with E-state index in [1.165, 1.54) is 0 Å². The van der Waals surface area contributed by atoms with Crippen LogP contribution in [0.3, 0.4) is 0 Å². The third kappa shape index (κ3) is 3.41. The van der Waals surface area contributed by atoms with Crippen molar-refractivity contribution in [3.63, 3.8) is 0 Å². The second-order valence-electron chi connectivity index (χ2n) is 4.74. The molecule has 0 aromatic carbocycles. The van der Waals surface area contributed by atoms with E-state index in [0.29, 0.717) is 6.61 Å². The molecule has 1 fully saturated rings. The predicted octanol–water partition coefficient (Wildman–Crippen LogP) is 1.62. The van der Waals surface area contributed by atoms with Crippen LogP contribution in [-0.4, -0.2) is 43.3 Å². The van der Waals surface area contributed by atoms with E-state index >= 15 is 0 Å². The summed E-state index contributed by atoms with van der Waals surface area (Å²) in [5.41, 5.74) is 2.03. The molecule has 0 radical (unpaired) electrons. The van der Waals surface area contributed by atoms with Gasteiger partial charge in [0.15, 0.2) is 0 Å². The standard InChI is InChI=1S/C13H20N2O2/c1-10-4-5-13(12(14-10)8-15(2)3)17-11-6-7-16-9-11/h4-5,11H,6-9H2,1-3H3/t11-/m1/s1. The molecule has 0 amide bonds. The monoisotopic (exact) mass is 236 g/mol. The molecular formula is C13H20N2O2. The van der Waals surface area contributed by atoms with Gasteiger partial charge >= 0.3 is 0 Å². The molecule has 4 heteroatoms. The molecule has 1 saturated heterocycles. The van der Waals surface area contributed by atoms with Crippen molar-refractivity contribution in [2.24, 2.45) is 0 Å². The van der Waals surface area contributed by atoms with Gasteiger partial charge in [-0.2, -0.15) is 0 Å². The lowest BCUT2D eigenvalue weighted by molar-refractivity contribution is 0.139. The fraction of sp³-hybridized carbons (Fsp3) is 0.615. The second kappa shape index (κ2) is 5.47. The molecule has 0 aliphatic carbocycles. The maximum Gasteiger partial charge on any atom is 0.142 e. The van der Waals surface area contributed by atoms with Crippen LogP contribution in [0.15, 0.2) is 12.1 Å². The van der Waals surface area contributed by atoms with E-state index in [-0.39, 0.29) is 6.10 Å². The summed E-state index contributed by atoms with van der Waals surface area (Å²) in [6.45, 7) is 4.29. The Kier molecular flexibility index (Phi) is 3.97. The van der Waals surface area contributed by atoms with Crippen LogP contribution in [0.1, 0.15) is 17.8 Å². The van der Waals surface area contributed by atoms with Crippen LogP contribution < -0.4 is 4.74 Å². The molecule has 0 saturated carbocycles. The summed E-state index contributed by atoms with van der Waals surface area (Å²) in [6.07, 6.45) is 1.15. The zero-order chi connectivity index (χ0) is 12.3. The number of pyridine rings is 1. The Morgan fingerprint density at radius 1 is 1.47 bits per heavy atom. The van der Waals surface area contributed by atoms with Crippen molar-refractivity contribution in [1.82, 2.24) is 9.88 Å². The van der Waals surface area contributed by atoms with E-state index in [1.807, 2.05) is 33.2 Å². The number of hydrogen-bond acceptors (Lipinski definition) is 4. The van der Waals surface area contributed by atoms with Crippen molar-refractivity contribution in [1.29, 1.82) is 0 Å². The Hall–Kier alpha value is -1.13. The molecule has 4 nitrogen and oxygen atoms in total. The summed E-state index contributed by atoms with van der Waals surface area (Å²) < 4.78 is 11.3. The molecule has 0 unspecified atom stereocenters. The molecule has 2 heterocycles. The fourth-order valence-corrected chi connectivity index (χ4v) is 1.90. The third-order valence-electron chi connectivity index (χ3n) is 2.72. The number of aryl methyl sites for hydroxylation is 1. The quantitative estimate of drug-likeness (QED) is 0.795. The van der Waals surface area contributed by atoms with E-state index < -0.39 is 0 Å². The summed E-state index contributed by atoms with van der Waals surface area (Å²) in [7, 11) is 4.07. The number of hydrogen-bond donors (Lipinski definition) is 0. The molecule has 1 aliphatic rings. The van der Waals surface area contributed by atoms with Crippen LogP contribution in [0.4, 0.5) is 0 Å². The Labute approximate surface area is 103 Å². The first kappa shape index (κ1) is 12.3. The molecule has 1 atom stereocenters. The molecule has 1 aromatic rings. The van der Waals surface area contributed by atoms with Gasteiger partial charge in [-0.15, -0.1) is 0 Å². The second-order valence-corrected chi connectivity index (χ2v) is 4.74. The largest absolute Gasteiger partial charge is 0.486 e. The molecule has 1 aliphatic heterocycles. The normalized spacial score (nSPS) is 19.9. The van der Waals surface area contributed by atoms with Gasteiger partial charge in [0, 0.05) is 18.7 Å². The van der Waals surface area contributed by atoms with Crippen LogP contribution in [0.2, 0.25) is 0 Å². The van der Waals surface area contributed by atoms with Crippen LogP contribution >= 0.6 is 0 Å². The SMILES string of the molecule is Cc1ccc(O[C@@H]2CCOC2)c(CN(C)C)n1. The van der Waals surface area contributed by atoms with Crippen molar-refractivity contribution >= 4 is 0 Å². The van der Waals surface area contributed by atoms with Gasteiger partial charge in [-0.05, 0) is 33.2 Å². The van der Waals surface area contributed by atoms with Gasteiger partial charge in [-0.25, -0.2) is 0 Å². The minimum Gasteiger partial charge on any atom is -0.486 e. The number of nitrogens with zero attached hydrogens (tertiary/aromatic N) is 2. The molecule has 1 aromatic heterocycles. The van der Waals surface area contributed by atoms with Gasteiger partial charge in [0.25, 0.3) is 0 Å². The molecule has 0 bridgehead atoms. The van der Waals surface area contributed by atoms with E-state index in [2.05, 4.69) is 9.88 Å². The van der Waals surface area contributed by atoms with E-state index in [0.717, 1.165) is 36.7 Å². The summed E-state index contributed by atoms with van der Waals surface area (Å²) in [5, 5.41) is 0. The Balaban J connectivity index is 2.13. The molecule has 94 valence electrons. The summed E-state index contributed by atoms with van der Waals surface area (Å²) in [4.78, 5) is 6.64. The first-order valence-corrected chi connectivity index (χ1v) is 6.01. The van der Waals surface area contributed by atoms with Crippen molar-refractivity contribution < 1.29 is 9.47 Å². The zero-order valence-electron chi connectivity index (χ0n) is 10.8. The summed E-state index contributed by atoms with van der Waals surface area (Å²) in [6, 6.07) is 4.00. The van der Waals surface area contributed by atoms with E-state index in [1.54, 1.807) is 0 Å². The van der Waals surface area contributed by atoms with Gasteiger partial charge in [0.2, 0.25) is 0 Å². The maximum atomic E-state index is 5.95. The van der Waals surface area contributed by atoms with Crippen molar-refractivity contribution in [2.75, 3.05) is 27.3 Å². The highest BCUT2D eigenvalue weighted by molar-refractivity contribution is 5.29. The third-order valence-corrected chi connectivity index (χ3v) is 2.72. The first-order valence-electron chi connectivity index (χ1n) is 6.01. The summed E-state index contributed by atoms with van der Waals surface area (Å²) >= 11 is 0. The highest BCUT2D eigenvalue weighted by Gasteiger charge is 2.19. The van der Waals surface area contributed by atoms with E-state index in [9.17, 15) is 0 Å². The lowest BCUT2D eigenvalue weighted by atomic mass is 10.2. The number of aromatic nitrogens is 1. The van der Waals surface area contributed by atoms with Crippen LogP contribution in [0, 0.1) is 6.92 Å². The topological polar surface area (TPSA) is 34.6 Å². The smallest absolute Gasteiger partial charge is 0.142 e. The minimum atomic E-state index is 0.181. The van der Waals surface area contributed by atoms with Crippen LogP contribution in [-0.2, 0) is 11.3 Å². The highest BCUT2D eigenvalue weighted by Crippen LogP contribution is 2.22. The minimum absolute atomic E-state index is 0.181. The van der Waals surface area contributed by atoms with Gasteiger partial charge in [0.05, 0.1) is 18.9 Å². The fourth-order valence-electron chi connectivity index (χ4n) is 1.90. The van der Waals surface area contributed by atoms with Crippen LogP contribution in [0.25, 0.3) is 0 Å². The summed E-state index contributed by atoms with van der Waals surface area (Å²) in [5.74, 6) is 0.889. The molecule has 2 rings (SSSR count). The molecule has 0 N–H and O–H groups in total. The highest BCUT2D eigenvalue weighted by atomic mass is 16.5. The average Bonchev–Trinajstić information content (AvgIpc) is 2.74. The first-order chi connectivity index (χ1) is 8.15. The molecule has 17 heavy (non-hydrogen) atoms. The van der Waals surface area contributed by atoms with Gasteiger partial charge in [-0.1, -0.05) is 0 Å². The van der Waals surface area contributed by atoms with Crippen molar-refractivity contribution in [3.8, 4) is 5.75 Å². The predicted molar refractivity (Wildman–Crippen MR) is 66.2 cm³/mol. The van der Waals surface area contributed by atoms with Gasteiger partial charge < -0.3 is 14.4 Å².